The maximum absolute atomic E-state index is 6.10. The van der Waals surface area contributed by atoms with Gasteiger partial charge in [0.25, 0.3) is 0 Å². The molecule has 1 fully saturated rings. The predicted octanol–water partition coefficient (Wildman–Crippen LogP) is 3.35. The third-order valence-electron chi connectivity index (χ3n) is 3.61. The minimum Gasteiger partial charge on any atom is -0.313 e. The van der Waals surface area contributed by atoms with Crippen molar-refractivity contribution in [3.63, 3.8) is 0 Å². The molecule has 2 nitrogen and oxygen atoms in total. The summed E-state index contributed by atoms with van der Waals surface area (Å²) in [4.78, 5) is 0. The Balaban J connectivity index is 1.57. The minimum atomic E-state index is 0.751. The Kier molecular flexibility index (Phi) is 5.98. The van der Waals surface area contributed by atoms with E-state index in [2.05, 4.69) is 16.7 Å². The van der Waals surface area contributed by atoms with E-state index in [1.54, 1.807) is 0 Å². The highest BCUT2D eigenvalue weighted by Gasteiger charge is 2.11. The van der Waals surface area contributed by atoms with Gasteiger partial charge in [0.2, 0.25) is 0 Å². The molecule has 0 aromatic heterocycles. The fourth-order valence-corrected chi connectivity index (χ4v) is 2.74. The van der Waals surface area contributed by atoms with Crippen molar-refractivity contribution < 1.29 is 0 Å². The number of hydrogen-bond donors (Lipinski definition) is 2. The molecule has 2 rings (SSSR count). The summed E-state index contributed by atoms with van der Waals surface area (Å²) in [5.41, 5.74) is 1.18. The van der Waals surface area contributed by atoms with Crippen LogP contribution in [0.2, 0.25) is 5.02 Å². The first kappa shape index (κ1) is 13.9. The van der Waals surface area contributed by atoms with E-state index in [1.165, 1.54) is 37.7 Å². The largest absolute Gasteiger partial charge is 0.313 e. The van der Waals surface area contributed by atoms with Crippen LogP contribution < -0.4 is 10.6 Å². The molecule has 1 aromatic rings. The molecule has 1 aliphatic rings. The topological polar surface area (TPSA) is 24.1 Å². The van der Waals surface area contributed by atoms with Gasteiger partial charge in [-0.2, -0.15) is 0 Å². The molecular weight excluding hydrogens is 244 g/mol. The number of benzene rings is 1. The molecule has 0 heterocycles. The van der Waals surface area contributed by atoms with E-state index >= 15 is 0 Å². The smallest absolute Gasteiger partial charge is 0.0450 e. The van der Waals surface area contributed by atoms with Crippen LogP contribution in [-0.4, -0.2) is 19.1 Å². The Hall–Kier alpha value is -0.570. The summed E-state index contributed by atoms with van der Waals surface area (Å²) in [5.74, 6) is 0. The highest BCUT2D eigenvalue weighted by molar-refractivity contribution is 6.31. The lowest BCUT2D eigenvalue weighted by molar-refractivity contribution is 0.372. The van der Waals surface area contributed by atoms with Crippen LogP contribution in [0.5, 0.6) is 0 Å². The van der Waals surface area contributed by atoms with Crippen LogP contribution >= 0.6 is 11.6 Å². The van der Waals surface area contributed by atoms with Crippen LogP contribution in [0.15, 0.2) is 24.3 Å². The van der Waals surface area contributed by atoms with E-state index in [0.717, 1.165) is 30.7 Å². The SMILES string of the molecule is Clc1ccccc1CNCCNC1CCCCC1. The second-order valence-electron chi connectivity index (χ2n) is 5.06. The zero-order valence-corrected chi connectivity index (χ0v) is 11.7. The fraction of sp³-hybridized carbons (Fsp3) is 0.600. The van der Waals surface area contributed by atoms with Crippen LogP contribution in [0.3, 0.4) is 0 Å². The summed E-state index contributed by atoms with van der Waals surface area (Å²) in [6.45, 7) is 2.91. The highest BCUT2D eigenvalue weighted by atomic mass is 35.5. The molecule has 18 heavy (non-hydrogen) atoms. The van der Waals surface area contributed by atoms with Crippen molar-refractivity contribution in [1.29, 1.82) is 0 Å². The summed E-state index contributed by atoms with van der Waals surface area (Å²) in [5, 5.41) is 7.91. The normalized spacial score (nSPS) is 16.9. The number of rotatable bonds is 6. The van der Waals surface area contributed by atoms with Crippen LogP contribution in [0.25, 0.3) is 0 Å². The number of halogens is 1. The second kappa shape index (κ2) is 7.78. The van der Waals surface area contributed by atoms with E-state index in [4.69, 9.17) is 11.6 Å². The Bertz CT molecular complexity index is 348. The van der Waals surface area contributed by atoms with Gasteiger partial charge < -0.3 is 10.6 Å². The van der Waals surface area contributed by atoms with Gasteiger partial charge in [-0.1, -0.05) is 49.1 Å². The molecule has 0 saturated heterocycles. The van der Waals surface area contributed by atoms with Crippen LogP contribution in [0.1, 0.15) is 37.7 Å². The molecule has 0 spiro atoms. The molecule has 1 aromatic carbocycles. The molecule has 1 saturated carbocycles. The minimum absolute atomic E-state index is 0.751. The molecule has 0 amide bonds. The van der Waals surface area contributed by atoms with E-state index in [9.17, 15) is 0 Å². The Morgan fingerprint density at radius 2 is 1.83 bits per heavy atom. The van der Waals surface area contributed by atoms with Gasteiger partial charge in [-0.15, -0.1) is 0 Å². The lowest BCUT2D eigenvalue weighted by Gasteiger charge is -2.22. The number of nitrogens with one attached hydrogen (secondary N) is 2. The average Bonchev–Trinajstić information content (AvgIpc) is 2.42. The molecule has 3 heteroatoms. The molecular formula is C15H23ClN2. The molecule has 0 bridgehead atoms. The van der Waals surface area contributed by atoms with E-state index in [0.29, 0.717) is 0 Å². The summed E-state index contributed by atoms with van der Waals surface area (Å²) < 4.78 is 0. The maximum Gasteiger partial charge on any atom is 0.0450 e. The van der Waals surface area contributed by atoms with E-state index in [-0.39, 0.29) is 0 Å². The van der Waals surface area contributed by atoms with E-state index < -0.39 is 0 Å². The Labute approximate surface area is 115 Å². The quantitative estimate of drug-likeness (QED) is 0.772. The first-order valence-electron chi connectivity index (χ1n) is 7.04. The zero-order chi connectivity index (χ0) is 12.6. The lowest BCUT2D eigenvalue weighted by Crippen LogP contribution is -2.36. The molecule has 0 unspecified atom stereocenters. The Morgan fingerprint density at radius 1 is 1.06 bits per heavy atom. The molecule has 0 atom stereocenters. The van der Waals surface area contributed by atoms with Crippen LogP contribution in [0, 0.1) is 0 Å². The number of hydrogen-bond acceptors (Lipinski definition) is 2. The average molecular weight is 267 g/mol. The van der Waals surface area contributed by atoms with Gasteiger partial charge >= 0.3 is 0 Å². The van der Waals surface area contributed by atoms with Gasteiger partial charge in [0.05, 0.1) is 0 Å². The maximum atomic E-state index is 6.10. The van der Waals surface area contributed by atoms with Gasteiger partial charge in [0.1, 0.15) is 0 Å². The summed E-state index contributed by atoms with van der Waals surface area (Å²) in [6, 6.07) is 8.77. The van der Waals surface area contributed by atoms with Crippen molar-refractivity contribution in [3.8, 4) is 0 Å². The van der Waals surface area contributed by atoms with Gasteiger partial charge in [0.15, 0.2) is 0 Å². The second-order valence-corrected chi connectivity index (χ2v) is 5.46. The van der Waals surface area contributed by atoms with E-state index in [1.807, 2.05) is 18.2 Å². The third kappa shape index (κ3) is 4.60. The summed E-state index contributed by atoms with van der Waals surface area (Å²) in [6.07, 6.45) is 6.91. The van der Waals surface area contributed by atoms with Crippen molar-refractivity contribution >= 4 is 11.6 Å². The van der Waals surface area contributed by atoms with Crippen molar-refractivity contribution in [2.24, 2.45) is 0 Å². The van der Waals surface area contributed by atoms with Gasteiger partial charge in [-0.3, -0.25) is 0 Å². The molecule has 2 N–H and O–H groups in total. The van der Waals surface area contributed by atoms with Gasteiger partial charge in [-0.25, -0.2) is 0 Å². The van der Waals surface area contributed by atoms with Crippen molar-refractivity contribution in [2.75, 3.05) is 13.1 Å². The molecule has 0 radical (unpaired) electrons. The summed E-state index contributed by atoms with van der Waals surface area (Å²) in [7, 11) is 0. The van der Waals surface area contributed by atoms with Crippen molar-refractivity contribution in [1.82, 2.24) is 10.6 Å². The zero-order valence-electron chi connectivity index (χ0n) is 10.9. The highest BCUT2D eigenvalue weighted by Crippen LogP contribution is 2.17. The standard InChI is InChI=1S/C15H23ClN2/c16-15-9-5-4-6-13(15)12-17-10-11-18-14-7-2-1-3-8-14/h4-6,9,14,17-18H,1-3,7-8,10-12H2. The third-order valence-corrected chi connectivity index (χ3v) is 3.98. The first-order chi connectivity index (χ1) is 8.86. The van der Waals surface area contributed by atoms with Gasteiger partial charge in [-0.05, 0) is 24.5 Å². The van der Waals surface area contributed by atoms with Gasteiger partial charge in [0, 0.05) is 30.7 Å². The predicted molar refractivity (Wildman–Crippen MR) is 78.0 cm³/mol. The molecule has 0 aliphatic heterocycles. The lowest BCUT2D eigenvalue weighted by atomic mass is 9.95. The van der Waals surface area contributed by atoms with Crippen LogP contribution in [0.4, 0.5) is 0 Å². The Morgan fingerprint density at radius 3 is 2.61 bits per heavy atom. The van der Waals surface area contributed by atoms with Crippen molar-refractivity contribution in [3.05, 3.63) is 34.9 Å². The fourth-order valence-electron chi connectivity index (χ4n) is 2.54. The first-order valence-corrected chi connectivity index (χ1v) is 7.41. The monoisotopic (exact) mass is 266 g/mol. The van der Waals surface area contributed by atoms with Crippen molar-refractivity contribution in [2.45, 2.75) is 44.7 Å². The van der Waals surface area contributed by atoms with Crippen LogP contribution in [-0.2, 0) is 6.54 Å². The summed E-state index contributed by atoms with van der Waals surface area (Å²) >= 11 is 6.10. The molecule has 1 aliphatic carbocycles. The molecule has 100 valence electrons.